The largest absolute Gasteiger partial charge is 0.458 e. The summed E-state index contributed by atoms with van der Waals surface area (Å²) in [5.41, 5.74) is 5.44. The molecule has 1 atom stereocenters. The van der Waals surface area contributed by atoms with Crippen molar-refractivity contribution in [3.05, 3.63) is 23.8 Å². The molecule has 0 fully saturated rings. The van der Waals surface area contributed by atoms with Crippen LogP contribution in [-0.4, -0.2) is 20.1 Å². The summed E-state index contributed by atoms with van der Waals surface area (Å²) in [5, 5.41) is 0. The number of hydrogen-bond acceptors (Lipinski definition) is 2. The van der Waals surface area contributed by atoms with Crippen molar-refractivity contribution in [3.63, 3.8) is 0 Å². The molecule has 0 aliphatic rings. The highest BCUT2D eigenvalue weighted by Crippen LogP contribution is 2.21. The number of hydrogen-bond donors (Lipinski definition) is 0. The minimum Gasteiger partial charge on any atom is -0.458 e. The van der Waals surface area contributed by atoms with E-state index in [4.69, 9.17) is 4.74 Å². The molecule has 0 bridgehead atoms. The Balaban J connectivity index is 5.36. The van der Waals surface area contributed by atoms with Crippen LogP contribution in [0.3, 0.4) is 0 Å². The Bertz CT molecular complexity index is 496. The van der Waals surface area contributed by atoms with Crippen molar-refractivity contribution in [3.8, 4) is 11.5 Å². The van der Waals surface area contributed by atoms with Gasteiger partial charge in [0.25, 0.3) is 0 Å². The molecule has 0 aromatic heterocycles. The van der Waals surface area contributed by atoms with Gasteiger partial charge < -0.3 is 4.74 Å². The van der Waals surface area contributed by atoms with Crippen LogP contribution in [0.25, 0.3) is 0 Å². The summed E-state index contributed by atoms with van der Waals surface area (Å²) in [4.78, 5) is 11.3. The van der Waals surface area contributed by atoms with E-state index < -0.39 is 8.07 Å². The van der Waals surface area contributed by atoms with Gasteiger partial charge in [0.2, 0.25) is 0 Å². The molecule has 0 N–H and O–H groups in total. The molecule has 0 saturated heterocycles. The topological polar surface area (TPSA) is 26.3 Å². The first-order chi connectivity index (χ1) is 11.9. The maximum atomic E-state index is 11.3. The van der Waals surface area contributed by atoms with E-state index in [1.165, 1.54) is 50.7 Å². The smallest absolute Gasteiger partial charge is 0.303 e. The lowest BCUT2D eigenvalue weighted by Crippen LogP contribution is -2.29. The van der Waals surface area contributed by atoms with Crippen LogP contribution in [0, 0.1) is 11.5 Å². The summed E-state index contributed by atoms with van der Waals surface area (Å²) in [7, 11) is -1.50. The van der Waals surface area contributed by atoms with E-state index in [1.54, 1.807) is 0 Å². The third-order valence-electron chi connectivity index (χ3n) is 5.08. The maximum absolute atomic E-state index is 11.3. The zero-order chi connectivity index (χ0) is 19.3. The van der Waals surface area contributed by atoms with Gasteiger partial charge in [-0.2, -0.15) is 0 Å². The van der Waals surface area contributed by atoms with Crippen LogP contribution in [0.1, 0.15) is 73.6 Å². The van der Waals surface area contributed by atoms with Crippen LogP contribution in [0.2, 0.25) is 18.1 Å². The number of allylic oxidation sites excluding steroid dienone is 1. The van der Waals surface area contributed by atoms with Gasteiger partial charge in [0.1, 0.15) is 14.2 Å². The van der Waals surface area contributed by atoms with Gasteiger partial charge in [-0.25, -0.2) is 0 Å². The molecule has 0 amide bonds. The quantitative estimate of drug-likeness (QED) is 0.139. The normalized spacial score (nSPS) is 13.0. The van der Waals surface area contributed by atoms with Gasteiger partial charge in [0.15, 0.2) is 0 Å². The lowest BCUT2D eigenvalue weighted by Gasteiger charge is -2.21. The number of ether oxygens (including phenoxy) is 1. The van der Waals surface area contributed by atoms with E-state index in [0.29, 0.717) is 0 Å². The third kappa shape index (κ3) is 9.12. The first-order valence-corrected chi connectivity index (χ1v) is 12.6. The maximum Gasteiger partial charge on any atom is 0.303 e. The van der Waals surface area contributed by atoms with Gasteiger partial charge in [-0.3, -0.25) is 4.79 Å². The Hall–Kier alpha value is -1.27. The van der Waals surface area contributed by atoms with Gasteiger partial charge in [-0.05, 0) is 37.9 Å². The number of esters is 1. The third-order valence-corrected chi connectivity index (χ3v) is 9.79. The zero-order valence-corrected chi connectivity index (χ0v) is 18.3. The van der Waals surface area contributed by atoms with Crippen LogP contribution >= 0.6 is 0 Å². The lowest BCUT2D eigenvalue weighted by molar-refractivity contribution is -0.143. The van der Waals surface area contributed by atoms with E-state index in [2.05, 4.69) is 51.8 Å². The van der Waals surface area contributed by atoms with Crippen molar-refractivity contribution in [2.24, 2.45) is 0 Å². The van der Waals surface area contributed by atoms with E-state index in [1.807, 2.05) is 6.92 Å². The highest BCUT2D eigenvalue weighted by molar-refractivity contribution is 6.87. The molecule has 0 aromatic rings. The molecule has 25 heavy (non-hydrogen) atoms. The average molecular weight is 363 g/mol. The summed E-state index contributed by atoms with van der Waals surface area (Å²) >= 11 is 0. The van der Waals surface area contributed by atoms with Crippen molar-refractivity contribution < 1.29 is 9.53 Å². The summed E-state index contributed by atoms with van der Waals surface area (Å²) in [6.45, 7) is 16.5. The molecule has 142 valence electrons. The van der Waals surface area contributed by atoms with Gasteiger partial charge >= 0.3 is 5.97 Å². The van der Waals surface area contributed by atoms with E-state index in [-0.39, 0.29) is 12.1 Å². The SMILES string of the molecule is C=C(/C(C#C[Si](CC)(CC)CC)=C/CCCCCC)C(C)OC(C)=O. The van der Waals surface area contributed by atoms with Gasteiger partial charge in [-0.15, -0.1) is 5.54 Å². The van der Waals surface area contributed by atoms with Crippen molar-refractivity contribution in [1.29, 1.82) is 0 Å². The predicted molar refractivity (Wildman–Crippen MR) is 112 cm³/mol. The van der Waals surface area contributed by atoms with Crippen LogP contribution in [0.15, 0.2) is 23.8 Å². The average Bonchev–Trinajstić information content (AvgIpc) is 2.60. The van der Waals surface area contributed by atoms with Gasteiger partial charge in [-0.1, -0.05) is 65.5 Å². The summed E-state index contributed by atoms with van der Waals surface area (Å²) in [5.74, 6) is 3.17. The highest BCUT2D eigenvalue weighted by Gasteiger charge is 2.24. The zero-order valence-electron chi connectivity index (χ0n) is 17.3. The monoisotopic (exact) mass is 362 g/mol. The van der Waals surface area contributed by atoms with Crippen LogP contribution in [0.5, 0.6) is 0 Å². The van der Waals surface area contributed by atoms with Crippen molar-refractivity contribution >= 4 is 14.0 Å². The van der Waals surface area contributed by atoms with E-state index in [9.17, 15) is 4.79 Å². The molecule has 0 aromatic carbocycles. The minimum atomic E-state index is -1.50. The van der Waals surface area contributed by atoms with E-state index >= 15 is 0 Å². The number of rotatable bonds is 11. The van der Waals surface area contributed by atoms with Gasteiger partial charge in [0.05, 0.1) is 0 Å². The lowest BCUT2D eigenvalue weighted by atomic mass is 10.0. The van der Waals surface area contributed by atoms with E-state index in [0.717, 1.165) is 17.6 Å². The second kappa shape index (κ2) is 13.0. The second-order valence-electron chi connectivity index (χ2n) is 6.84. The number of carbonyl (C=O) groups is 1. The molecule has 0 spiro atoms. The minimum absolute atomic E-state index is 0.275. The fourth-order valence-corrected chi connectivity index (χ4v) is 5.26. The molecule has 0 heterocycles. The van der Waals surface area contributed by atoms with Crippen LogP contribution in [0.4, 0.5) is 0 Å². The molecule has 0 radical (unpaired) electrons. The molecule has 0 rings (SSSR count). The Kier molecular flexibility index (Phi) is 12.3. The molecule has 2 nitrogen and oxygen atoms in total. The molecule has 0 aliphatic heterocycles. The fraction of sp³-hybridized carbons (Fsp3) is 0.682. The Morgan fingerprint density at radius 1 is 1.12 bits per heavy atom. The summed E-state index contributed by atoms with van der Waals surface area (Å²) in [6, 6.07) is 3.55. The van der Waals surface area contributed by atoms with Crippen molar-refractivity contribution in [2.75, 3.05) is 0 Å². The first-order valence-electron chi connectivity index (χ1n) is 9.95. The van der Waals surface area contributed by atoms with Crippen LogP contribution < -0.4 is 0 Å². The Morgan fingerprint density at radius 2 is 1.72 bits per heavy atom. The Morgan fingerprint density at radius 3 is 2.20 bits per heavy atom. The molecular formula is C22H38O2Si. The molecule has 1 unspecified atom stereocenters. The molecular weight excluding hydrogens is 324 g/mol. The van der Waals surface area contributed by atoms with Gasteiger partial charge in [0, 0.05) is 18.1 Å². The van der Waals surface area contributed by atoms with Crippen molar-refractivity contribution in [2.45, 2.75) is 97.9 Å². The standard InChI is InChI=1S/C22H38O2Si/c1-8-12-13-14-15-16-22(19(5)20(6)24-21(7)23)17-18-25(9-2,10-3)11-4/h16,20H,5,8-15H2,1-4,6-7H3/b22-16+. The van der Waals surface area contributed by atoms with Crippen molar-refractivity contribution in [1.82, 2.24) is 0 Å². The Labute approximate surface area is 157 Å². The number of unbranched alkanes of at least 4 members (excludes halogenated alkanes) is 4. The number of carbonyl (C=O) groups excluding carboxylic acids is 1. The predicted octanol–water partition coefficient (Wildman–Crippen LogP) is 6.44. The highest BCUT2D eigenvalue weighted by atomic mass is 28.3. The summed E-state index contributed by atoms with van der Waals surface area (Å²) < 4.78 is 5.31. The molecule has 0 aliphatic carbocycles. The second-order valence-corrected chi connectivity index (χ2v) is 11.8. The fourth-order valence-electron chi connectivity index (χ4n) is 2.83. The summed E-state index contributed by atoms with van der Waals surface area (Å²) in [6.07, 6.45) is 7.82. The molecule has 0 saturated carbocycles. The van der Waals surface area contributed by atoms with Crippen LogP contribution in [-0.2, 0) is 9.53 Å². The first kappa shape index (κ1) is 23.7. The molecule has 3 heteroatoms.